The number of methoxy groups -OCH3 is 1. The molecule has 0 unspecified atom stereocenters. The lowest BCUT2D eigenvalue weighted by atomic mass is 10.2. The van der Waals surface area contributed by atoms with E-state index in [1.54, 1.807) is 7.11 Å². The second kappa shape index (κ2) is 4.89. The van der Waals surface area contributed by atoms with Crippen LogP contribution in [0.25, 0.3) is 20.8 Å². The lowest BCUT2D eigenvalue weighted by molar-refractivity contribution is -0.137. The largest absolute Gasteiger partial charge is 0.497 e. The van der Waals surface area contributed by atoms with Crippen LogP contribution in [0, 0.1) is 0 Å². The zero-order chi connectivity index (χ0) is 14.1. The summed E-state index contributed by atoms with van der Waals surface area (Å²) >= 11 is 1.50. The van der Waals surface area contributed by atoms with Crippen molar-refractivity contribution in [2.75, 3.05) is 7.11 Å². The molecule has 2 aromatic heterocycles. The van der Waals surface area contributed by atoms with Gasteiger partial charge in [0.25, 0.3) is 0 Å². The minimum absolute atomic E-state index is 0.264. The first-order valence-electron chi connectivity index (χ1n) is 5.73. The second-order valence-electron chi connectivity index (χ2n) is 4.07. The summed E-state index contributed by atoms with van der Waals surface area (Å²) in [5, 5.41) is 21.0. The van der Waals surface area contributed by atoms with Gasteiger partial charge < -0.3 is 9.84 Å². The summed E-state index contributed by atoms with van der Waals surface area (Å²) in [6.07, 6.45) is 0. The monoisotopic (exact) mass is 290 g/mol. The van der Waals surface area contributed by atoms with Crippen molar-refractivity contribution in [2.45, 2.75) is 6.54 Å². The first-order valence-corrected chi connectivity index (χ1v) is 6.55. The number of thiophene rings is 1. The van der Waals surface area contributed by atoms with E-state index >= 15 is 0 Å². The maximum atomic E-state index is 10.8. The predicted octanol–water partition coefficient (Wildman–Crippen LogP) is 1.65. The quantitative estimate of drug-likeness (QED) is 0.785. The molecule has 7 nitrogen and oxygen atoms in total. The van der Waals surface area contributed by atoms with Crippen LogP contribution in [0.3, 0.4) is 0 Å². The fourth-order valence-corrected chi connectivity index (χ4v) is 2.91. The van der Waals surface area contributed by atoms with Crippen LogP contribution in [0.1, 0.15) is 0 Å². The Morgan fingerprint density at radius 1 is 1.45 bits per heavy atom. The Kier molecular flexibility index (Phi) is 3.07. The number of hydrogen-bond donors (Lipinski definition) is 1. The van der Waals surface area contributed by atoms with Crippen molar-refractivity contribution < 1.29 is 14.6 Å². The summed E-state index contributed by atoms with van der Waals surface area (Å²) in [6.45, 7) is -0.264. The third kappa shape index (κ3) is 2.21. The average molecular weight is 290 g/mol. The van der Waals surface area contributed by atoms with Gasteiger partial charge in [0, 0.05) is 4.70 Å². The number of carbonyl (C=O) groups is 1. The van der Waals surface area contributed by atoms with Crippen LogP contribution in [0.5, 0.6) is 5.75 Å². The topological polar surface area (TPSA) is 90.1 Å². The second-order valence-corrected chi connectivity index (χ2v) is 5.15. The molecule has 0 saturated heterocycles. The van der Waals surface area contributed by atoms with E-state index in [4.69, 9.17) is 9.84 Å². The van der Waals surface area contributed by atoms with Gasteiger partial charge in [-0.2, -0.15) is 0 Å². The summed E-state index contributed by atoms with van der Waals surface area (Å²) in [7, 11) is 1.61. The number of rotatable bonds is 4. The van der Waals surface area contributed by atoms with Crippen LogP contribution in [-0.4, -0.2) is 38.4 Å². The minimum atomic E-state index is -0.985. The van der Waals surface area contributed by atoms with E-state index in [9.17, 15) is 4.79 Å². The molecule has 0 saturated carbocycles. The molecule has 0 aliphatic rings. The fraction of sp³-hybridized carbons (Fsp3) is 0.167. The average Bonchev–Trinajstić information content (AvgIpc) is 3.02. The highest BCUT2D eigenvalue weighted by Gasteiger charge is 2.14. The minimum Gasteiger partial charge on any atom is -0.497 e. The van der Waals surface area contributed by atoms with Gasteiger partial charge in [0.1, 0.15) is 12.3 Å². The molecule has 1 N–H and O–H groups in total. The Labute approximate surface area is 117 Å². The van der Waals surface area contributed by atoms with Gasteiger partial charge >= 0.3 is 5.97 Å². The number of benzene rings is 1. The van der Waals surface area contributed by atoms with E-state index in [0.717, 1.165) is 20.7 Å². The number of hydrogen-bond acceptors (Lipinski definition) is 6. The van der Waals surface area contributed by atoms with E-state index in [0.29, 0.717) is 5.82 Å². The van der Waals surface area contributed by atoms with Crippen molar-refractivity contribution in [3.8, 4) is 16.5 Å². The molecule has 0 fully saturated rings. The molecule has 0 amide bonds. The highest BCUT2D eigenvalue weighted by Crippen LogP contribution is 2.33. The molecule has 0 atom stereocenters. The first-order chi connectivity index (χ1) is 9.67. The Bertz CT molecular complexity index is 780. The SMILES string of the molecule is COc1ccc2sc(-c3nnnn3CC(=O)O)cc2c1. The van der Waals surface area contributed by atoms with Gasteiger partial charge in [-0.25, -0.2) is 4.68 Å². The Morgan fingerprint density at radius 2 is 2.30 bits per heavy atom. The lowest BCUT2D eigenvalue weighted by Crippen LogP contribution is -2.11. The molecule has 3 aromatic rings. The van der Waals surface area contributed by atoms with Gasteiger partial charge in [0.05, 0.1) is 12.0 Å². The molecule has 0 aliphatic heterocycles. The van der Waals surface area contributed by atoms with Crippen molar-refractivity contribution in [2.24, 2.45) is 0 Å². The van der Waals surface area contributed by atoms with Crippen LogP contribution in [0.4, 0.5) is 0 Å². The maximum absolute atomic E-state index is 10.8. The number of tetrazole rings is 1. The lowest BCUT2D eigenvalue weighted by Gasteiger charge is -1.97. The molecule has 20 heavy (non-hydrogen) atoms. The fourth-order valence-electron chi connectivity index (χ4n) is 1.87. The van der Waals surface area contributed by atoms with Crippen molar-refractivity contribution in [1.29, 1.82) is 0 Å². The van der Waals surface area contributed by atoms with Gasteiger partial charge in [0.15, 0.2) is 5.82 Å². The van der Waals surface area contributed by atoms with E-state index in [2.05, 4.69) is 15.5 Å². The number of fused-ring (bicyclic) bond motifs is 1. The third-order valence-electron chi connectivity index (χ3n) is 2.76. The number of aromatic nitrogens is 4. The zero-order valence-electron chi connectivity index (χ0n) is 10.5. The standard InChI is InChI=1S/C12H10N4O3S/c1-19-8-2-3-9-7(4-8)5-10(20-9)12-13-14-15-16(12)6-11(17)18/h2-5H,6H2,1H3,(H,17,18). The molecule has 0 bridgehead atoms. The highest BCUT2D eigenvalue weighted by molar-refractivity contribution is 7.22. The van der Waals surface area contributed by atoms with Crippen LogP contribution in [0.2, 0.25) is 0 Å². The molecule has 0 radical (unpaired) electrons. The smallest absolute Gasteiger partial charge is 0.325 e. The van der Waals surface area contributed by atoms with E-state index in [1.807, 2.05) is 24.3 Å². The van der Waals surface area contributed by atoms with Gasteiger partial charge in [0.2, 0.25) is 0 Å². The number of carboxylic acid groups (broad SMARTS) is 1. The molecule has 0 spiro atoms. The van der Waals surface area contributed by atoms with E-state index < -0.39 is 5.97 Å². The van der Waals surface area contributed by atoms with Crippen LogP contribution < -0.4 is 4.74 Å². The zero-order valence-corrected chi connectivity index (χ0v) is 11.3. The summed E-state index contributed by atoms with van der Waals surface area (Å²) in [4.78, 5) is 11.6. The van der Waals surface area contributed by atoms with Crippen LogP contribution >= 0.6 is 11.3 Å². The van der Waals surface area contributed by atoms with E-state index in [-0.39, 0.29) is 6.54 Å². The van der Waals surface area contributed by atoms with Crippen molar-refractivity contribution >= 4 is 27.4 Å². The van der Waals surface area contributed by atoms with Crippen LogP contribution in [-0.2, 0) is 11.3 Å². The van der Waals surface area contributed by atoms with E-state index in [1.165, 1.54) is 16.0 Å². The molecule has 3 rings (SSSR count). The highest BCUT2D eigenvalue weighted by atomic mass is 32.1. The molecule has 1 aromatic carbocycles. The van der Waals surface area contributed by atoms with Crippen molar-refractivity contribution in [1.82, 2.24) is 20.2 Å². The third-order valence-corrected chi connectivity index (χ3v) is 3.87. The van der Waals surface area contributed by atoms with Gasteiger partial charge in [-0.05, 0) is 40.1 Å². The Balaban J connectivity index is 2.06. The van der Waals surface area contributed by atoms with Crippen molar-refractivity contribution in [3.63, 3.8) is 0 Å². The molecule has 2 heterocycles. The number of carboxylic acids is 1. The van der Waals surface area contributed by atoms with Gasteiger partial charge in [-0.3, -0.25) is 4.79 Å². The molecular weight excluding hydrogens is 280 g/mol. The van der Waals surface area contributed by atoms with Gasteiger partial charge in [-0.1, -0.05) is 0 Å². The van der Waals surface area contributed by atoms with Crippen molar-refractivity contribution in [3.05, 3.63) is 24.3 Å². The number of aliphatic carboxylic acids is 1. The summed E-state index contributed by atoms with van der Waals surface area (Å²) in [5.74, 6) is 0.237. The molecular formula is C12H10N4O3S. The van der Waals surface area contributed by atoms with Crippen LogP contribution in [0.15, 0.2) is 24.3 Å². The molecule has 8 heteroatoms. The Hall–Kier alpha value is -2.48. The summed E-state index contributed by atoms with van der Waals surface area (Å²) < 4.78 is 7.51. The molecule has 0 aliphatic carbocycles. The predicted molar refractivity (Wildman–Crippen MR) is 72.8 cm³/mol. The first kappa shape index (κ1) is 12.5. The van der Waals surface area contributed by atoms with Gasteiger partial charge in [-0.15, -0.1) is 16.4 Å². The Morgan fingerprint density at radius 3 is 3.05 bits per heavy atom. The number of ether oxygens (including phenoxy) is 1. The summed E-state index contributed by atoms with van der Waals surface area (Å²) in [6, 6.07) is 7.67. The number of nitrogens with zero attached hydrogens (tertiary/aromatic N) is 4. The maximum Gasteiger partial charge on any atom is 0.325 e. The summed E-state index contributed by atoms with van der Waals surface area (Å²) in [5.41, 5.74) is 0. The molecule has 102 valence electrons. The normalized spacial score (nSPS) is 10.8.